The van der Waals surface area contributed by atoms with Crippen LogP contribution in [0, 0.1) is 0 Å². The molecule has 20 aromatic rings. The van der Waals surface area contributed by atoms with Gasteiger partial charge in [-0.05, 0) is 168 Å². The molecule has 0 heterocycles. The van der Waals surface area contributed by atoms with Crippen molar-refractivity contribution >= 4 is 138 Å². The van der Waals surface area contributed by atoms with Gasteiger partial charge in [-0.25, -0.2) is 0 Å². The van der Waals surface area contributed by atoms with Crippen LogP contribution in [0.15, 0.2) is 346 Å². The number of ether oxygens (including phenoxy) is 16. The summed E-state index contributed by atoms with van der Waals surface area (Å²) in [4.78, 5) is 12.0. The fraction of sp³-hybridized carbons (Fsp3) is 0.158. The third-order valence-electron chi connectivity index (χ3n) is 23.8. The van der Waals surface area contributed by atoms with Gasteiger partial charge >= 0.3 is 29.6 Å². The molecule has 3 N–H and O–H groups in total. The number of aromatic hydroxyl groups is 2. The van der Waals surface area contributed by atoms with E-state index in [0.717, 1.165) is 187 Å². The number of alkyl halides is 1. The number of aliphatic hydroxyl groups is 1. The van der Waals surface area contributed by atoms with E-state index in [2.05, 4.69) is 101 Å². The van der Waals surface area contributed by atoms with Crippen LogP contribution in [0.1, 0.15) is 30.3 Å². The second kappa shape index (κ2) is 52.0. The maximum atomic E-state index is 12.0. The summed E-state index contributed by atoms with van der Waals surface area (Å²) >= 11 is 3.63. The third-order valence-corrected chi connectivity index (χ3v) is 24.4. The number of carbonyl (C=O) groups excluding carboxylic acids is 1. The fourth-order valence-electron chi connectivity index (χ4n) is 17.8. The summed E-state index contributed by atoms with van der Waals surface area (Å²) < 4.78 is 89.3. The van der Waals surface area contributed by atoms with Crippen molar-refractivity contribution in [3.8, 4) is 113 Å². The van der Waals surface area contributed by atoms with E-state index in [9.17, 15) is 20.1 Å². The van der Waals surface area contributed by atoms with Crippen molar-refractivity contribution in [1.29, 1.82) is 0 Å². The number of halogens is 1. The van der Waals surface area contributed by atoms with Crippen molar-refractivity contribution in [2.24, 2.45) is 0 Å². The van der Waals surface area contributed by atoms with Gasteiger partial charge in [0.25, 0.3) is 0 Å². The Hall–Kier alpha value is -14.1. The number of phenols is 2. The number of aliphatic hydroxyl groups excluding tert-OH is 1. The molecule has 721 valence electrons. The van der Waals surface area contributed by atoms with E-state index in [0.29, 0.717) is 50.6 Å². The van der Waals surface area contributed by atoms with E-state index in [1.54, 1.807) is 69.0 Å². The van der Waals surface area contributed by atoms with E-state index in [1.807, 2.05) is 249 Å². The molecule has 0 aromatic heterocycles. The van der Waals surface area contributed by atoms with Gasteiger partial charge in [0.15, 0.2) is 60.6 Å². The Kier molecular flexibility index (Phi) is 38.6. The molecule has 0 aliphatic carbocycles. The third kappa shape index (κ3) is 23.6. The van der Waals surface area contributed by atoms with Gasteiger partial charge < -0.3 is 92.5 Å². The monoisotopic (exact) mass is 1980 g/mol. The summed E-state index contributed by atoms with van der Waals surface area (Å²) in [6.07, 6.45) is 0.807. The summed E-state index contributed by atoms with van der Waals surface area (Å²) in [5.41, 5.74) is 10.9. The van der Waals surface area contributed by atoms with Gasteiger partial charge in [0, 0.05) is 137 Å². The van der Waals surface area contributed by atoms with Gasteiger partial charge in [0.05, 0.1) is 12.2 Å². The zero-order valence-electron chi connectivity index (χ0n) is 81.3. The van der Waals surface area contributed by atoms with Crippen molar-refractivity contribution < 1.29 is 127 Å². The minimum absolute atomic E-state index is 0. The molecule has 0 aliphatic heterocycles. The number of benzene rings is 20. The summed E-state index contributed by atoms with van der Waals surface area (Å²) in [7, 11) is 12.8. The summed E-state index contributed by atoms with van der Waals surface area (Å²) in [5, 5.41) is 52.5. The number of rotatable bonds is 32. The molecule has 0 spiro atoms. The fourth-order valence-corrected chi connectivity index (χ4v) is 18.2. The topological polar surface area (TPSA) is 225 Å². The van der Waals surface area contributed by atoms with Crippen LogP contribution in [0.5, 0.6) is 57.5 Å². The van der Waals surface area contributed by atoms with Gasteiger partial charge in [0.2, 0.25) is 0 Å². The van der Waals surface area contributed by atoms with E-state index in [1.165, 1.54) is 0 Å². The molecule has 0 atom stereocenters. The van der Waals surface area contributed by atoms with Crippen LogP contribution in [0.25, 0.3) is 163 Å². The first-order valence-electron chi connectivity index (χ1n) is 45.2. The van der Waals surface area contributed by atoms with Crippen molar-refractivity contribution in [2.45, 2.75) is 19.4 Å². The molecule has 3 radical (unpaired) electrons. The van der Waals surface area contributed by atoms with Gasteiger partial charge in [0.1, 0.15) is 57.5 Å². The van der Waals surface area contributed by atoms with Crippen molar-refractivity contribution in [2.75, 3.05) is 111 Å². The summed E-state index contributed by atoms with van der Waals surface area (Å²) in [6.45, 7) is 0.815. The Morgan fingerprint density at radius 3 is 0.692 bits per heavy atom. The van der Waals surface area contributed by atoms with Gasteiger partial charge in [-0.3, -0.25) is 4.79 Å². The molecule has 0 unspecified atom stereocenters. The van der Waals surface area contributed by atoms with Crippen LogP contribution < -0.4 is 67.5 Å². The average molecular weight is 1990 g/mol. The zero-order valence-corrected chi connectivity index (χ0v) is 83.9. The minimum Gasteiger partial charge on any atom is -1.00 e. The Labute approximate surface area is 865 Å². The van der Waals surface area contributed by atoms with Gasteiger partial charge in [-0.2, -0.15) is 0 Å². The molecule has 0 bridgehead atoms. The number of carbonyl (C=O) groups is 1. The Balaban J connectivity index is 0.000000160. The summed E-state index contributed by atoms with van der Waals surface area (Å²) in [5.74, 6) is 5.74. The van der Waals surface area contributed by atoms with Crippen LogP contribution in [0.2, 0.25) is 0 Å². The predicted molar refractivity (Wildman–Crippen MR) is 575 cm³/mol. The largest absolute Gasteiger partial charge is 1.00 e. The molecule has 20 nitrogen and oxygen atoms in total. The smallest absolute Gasteiger partial charge is 1.00 e. The van der Waals surface area contributed by atoms with E-state index in [-0.39, 0.29) is 119 Å². The van der Waals surface area contributed by atoms with Crippen LogP contribution in [0.4, 0.5) is 0 Å². The molecule has 20 aromatic carbocycles. The number of fused-ring (bicyclic) bond motifs is 10. The molecule has 0 fully saturated rings. The van der Waals surface area contributed by atoms with Crippen molar-refractivity contribution in [3.63, 3.8) is 0 Å². The first-order valence-corrected chi connectivity index (χ1v) is 46.3. The molecule has 143 heavy (non-hydrogen) atoms. The number of aldehydes is 1. The van der Waals surface area contributed by atoms with E-state index >= 15 is 0 Å². The maximum absolute atomic E-state index is 12.0. The minimum atomic E-state index is -0.157. The number of hydrogen-bond donors (Lipinski definition) is 3. The quantitative estimate of drug-likeness (QED) is 0.0154. The molecular formula is C120H110BBrNaO20. The molecule has 0 aliphatic rings. The second-order valence-electron chi connectivity index (χ2n) is 32.3. The van der Waals surface area contributed by atoms with Crippen molar-refractivity contribution in [3.05, 3.63) is 362 Å². The number of phenolic OH excluding ortho intramolecular Hbond substituents is 2. The zero-order chi connectivity index (χ0) is 97.2. The first kappa shape index (κ1) is 106. The Morgan fingerprint density at radius 2 is 0.441 bits per heavy atom. The van der Waals surface area contributed by atoms with Gasteiger partial charge in [-0.15, -0.1) is 0 Å². The SMILES string of the molecule is C.COCOc1ccc2ccccc2c1-c1c(OCOC)c(C=O)cc2ccccc12.COCOc1ccc2ccccc2c1-c1c(OCOC)c(CBr)cc2ccccc12.COCOc1ccc2ccccc2c1-c1c(OCOC)c(CO)cc2ccccc12.COCOc1ccc2ccccc2c1-c1c(OCOC)ccc2ccccc12.Oc1ccc2ccccc2c1-c1c(O)ccc2ccccc12.[B].[H-].[Na+]. The molecule has 0 saturated heterocycles. The number of methoxy groups -OCH3 is 8. The summed E-state index contributed by atoms with van der Waals surface area (Å²) in [6, 6.07) is 114. The maximum Gasteiger partial charge on any atom is 1.00 e. The normalized spacial score (nSPS) is 10.9. The molecule has 0 saturated carbocycles. The predicted octanol–water partition coefficient (Wildman–Crippen LogP) is 25.1. The molecule has 23 heteroatoms. The first-order chi connectivity index (χ1) is 68.9. The number of hydrogen-bond acceptors (Lipinski definition) is 20. The van der Waals surface area contributed by atoms with Gasteiger partial charge in [-0.1, -0.05) is 308 Å². The Morgan fingerprint density at radius 1 is 0.245 bits per heavy atom. The molecular weight excluding hydrogens is 1880 g/mol. The van der Waals surface area contributed by atoms with E-state index < -0.39 is 0 Å². The standard InChI is InChI=1S/C25H23BrO4.C25H24O5.C25H22O5.C24H22O4.C20H14O2.CH4.B.Na.H/c3*1-27-15-29-22-12-11-17-7-3-5-9-20(17)23(22)24-21-10-6-4-8-18(21)13-19(14-26)25(24)30-16-28-2;1-25-15-27-21-13-11-17-7-3-5-9-19(17)23(21)24-20-10-6-4-8-18(20)12-14-22(24)28-16-26-2;21-17-11-9-13-5-1-3-7-15(13)19(17)20-16-8-4-2-6-14(16)10-12-18(20)22;;;;/h3-13H,14-16H2,1-2H3;3-13,26H,14-16H2,1-2H3;3-14H,15-16H2,1-2H3;3-14H,15-16H2,1-2H3;1-12,21-22H;1H4;;;/q;;;;;;;+1;-1. The molecule has 0 amide bonds. The average Bonchev–Trinajstić information content (AvgIpc) is 0.828. The molecule has 20 rings (SSSR count). The van der Waals surface area contributed by atoms with Crippen LogP contribution >= 0.6 is 15.9 Å². The van der Waals surface area contributed by atoms with Crippen LogP contribution in [-0.2, 0) is 49.8 Å². The van der Waals surface area contributed by atoms with Crippen LogP contribution in [0.3, 0.4) is 0 Å². The van der Waals surface area contributed by atoms with Crippen LogP contribution in [-0.4, -0.2) is 141 Å². The second-order valence-corrected chi connectivity index (χ2v) is 32.9. The Bertz CT molecular complexity index is 7430. The van der Waals surface area contributed by atoms with Crippen molar-refractivity contribution in [1.82, 2.24) is 0 Å². The van der Waals surface area contributed by atoms with E-state index in [4.69, 9.17) is 75.8 Å².